The van der Waals surface area contributed by atoms with E-state index in [1.54, 1.807) is 0 Å². The van der Waals surface area contributed by atoms with E-state index in [-0.39, 0.29) is 6.61 Å². The van der Waals surface area contributed by atoms with Gasteiger partial charge >= 0.3 is 0 Å². The number of aliphatic hydroxyl groups is 7. The molecule has 0 aromatic heterocycles. The summed E-state index contributed by atoms with van der Waals surface area (Å²) in [6.07, 6.45) is -9.87. The Hall–Kier alpha value is -0.960. The predicted molar refractivity (Wildman–Crippen MR) is 113 cm³/mol. The first kappa shape index (κ1) is 26.6. The highest BCUT2D eigenvalue weighted by atomic mass is 16.7. The van der Waals surface area contributed by atoms with Crippen molar-refractivity contribution in [2.75, 3.05) is 19.8 Å². The highest BCUT2D eigenvalue weighted by molar-refractivity contribution is 5.12. The lowest BCUT2D eigenvalue weighted by molar-refractivity contribution is -0.358. The number of hydrogen-bond donors (Lipinski definition) is 7. The third-order valence-electron chi connectivity index (χ3n) is 6.60. The average Bonchev–Trinajstić information content (AvgIpc) is 2.81. The second-order valence-corrected chi connectivity index (χ2v) is 9.00. The van der Waals surface area contributed by atoms with E-state index in [0.29, 0.717) is 5.92 Å². The molecule has 7 N–H and O–H groups in total. The molecule has 33 heavy (non-hydrogen) atoms. The third-order valence-corrected chi connectivity index (χ3v) is 6.60. The van der Waals surface area contributed by atoms with E-state index in [0.717, 1.165) is 30.4 Å². The summed E-state index contributed by atoms with van der Waals surface area (Å²) in [5.74, 6) is 0.436. The summed E-state index contributed by atoms with van der Waals surface area (Å²) in [5, 5.41) is 70.2. The molecular formula is C22H36O11. The van der Waals surface area contributed by atoms with E-state index in [1.165, 1.54) is 0 Å². The fourth-order valence-electron chi connectivity index (χ4n) is 4.35. The molecule has 2 fully saturated rings. The third kappa shape index (κ3) is 6.00. The molecule has 3 aliphatic rings. The van der Waals surface area contributed by atoms with Gasteiger partial charge in [-0.3, -0.25) is 0 Å². The molecule has 0 bridgehead atoms. The van der Waals surface area contributed by atoms with E-state index in [9.17, 15) is 35.7 Å². The maximum absolute atomic E-state index is 10.6. The molecule has 1 aliphatic carbocycles. The lowest BCUT2D eigenvalue weighted by Gasteiger charge is -2.46. The Morgan fingerprint density at radius 2 is 1.58 bits per heavy atom. The summed E-state index contributed by atoms with van der Waals surface area (Å²) in [6, 6.07) is 0. The van der Waals surface area contributed by atoms with Crippen molar-refractivity contribution in [3.05, 3.63) is 23.8 Å². The SMILES string of the molecule is C=C(C)C1CC=C(CO[C@@H]2O[C@H](CO)[C@@H](O[C@H]3O[C@H](CO)[C@@H](O)[C@H](O)[C@H]3O)[C@H](O)[C@H]2O)CC1. The molecule has 190 valence electrons. The summed E-state index contributed by atoms with van der Waals surface area (Å²) in [7, 11) is 0. The summed E-state index contributed by atoms with van der Waals surface area (Å²) in [4.78, 5) is 0. The molecule has 0 aromatic rings. The molecule has 0 saturated carbocycles. The molecule has 11 heteroatoms. The van der Waals surface area contributed by atoms with Crippen molar-refractivity contribution in [3.63, 3.8) is 0 Å². The van der Waals surface area contributed by atoms with E-state index >= 15 is 0 Å². The molecule has 2 aliphatic heterocycles. The van der Waals surface area contributed by atoms with Crippen LogP contribution in [0.2, 0.25) is 0 Å². The van der Waals surface area contributed by atoms with Crippen LogP contribution in [0.5, 0.6) is 0 Å². The fraction of sp³-hybridized carbons (Fsp3) is 0.818. The van der Waals surface area contributed by atoms with Gasteiger partial charge in [-0.25, -0.2) is 0 Å². The van der Waals surface area contributed by atoms with Gasteiger partial charge in [-0.2, -0.15) is 0 Å². The molecule has 11 atom stereocenters. The zero-order valence-electron chi connectivity index (χ0n) is 18.6. The molecule has 2 saturated heterocycles. The largest absolute Gasteiger partial charge is 0.394 e. The topological polar surface area (TPSA) is 179 Å². The molecule has 0 amide bonds. The number of rotatable bonds is 8. The molecule has 1 unspecified atom stereocenters. The van der Waals surface area contributed by atoms with Gasteiger partial charge in [-0.1, -0.05) is 18.2 Å². The Kier molecular flexibility index (Phi) is 9.40. The summed E-state index contributed by atoms with van der Waals surface area (Å²) in [5.41, 5.74) is 2.18. The quantitative estimate of drug-likeness (QED) is 0.191. The number of ether oxygens (including phenoxy) is 4. The zero-order chi connectivity index (χ0) is 24.3. The van der Waals surface area contributed by atoms with Crippen LogP contribution in [-0.2, 0) is 18.9 Å². The van der Waals surface area contributed by atoms with Crippen molar-refractivity contribution < 1.29 is 54.7 Å². The standard InChI is InChI=1S/C22H36O11/c1-10(2)12-5-3-11(4-6-12)9-30-21-19(29)17(27)20(14(8-24)32-21)33-22-18(28)16(26)15(25)13(7-23)31-22/h3,12-29H,1,4-9H2,2H3/t12?,13-,14-,15-,16+,17-,18-,19-,20-,21-,22-/m1/s1. The van der Waals surface area contributed by atoms with Crippen molar-refractivity contribution in [1.82, 2.24) is 0 Å². The first-order valence-electron chi connectivity index (χ1n) is 11.2. The minimum Gasteiger partial charge on any atom is -0.394 e. The van der Waals surface area contributed by atoms with Crippen LogP contribution in [0.1, 0.15) is 26.2 Å². The molecular weight excluding hydrogens is 440 g/mol. The zero-order valence-corrected chi connectivity index (χ0v) is 18.6. The first-order valence-corrected chi connectivity index (χ1v) is 11.2. The molecule has 0 spiro atoms. The average molecular weight is 477 g/mol. The van der Waals surface area contributed by atoms with Crippen LogP contribution >= 0.6 is 0 Å². The van der Waals surface area contributed by atoms with Gasteiger partial charge in [0.15, 0.2) is 12.6 Å². The van der Waals surface area contributed by atoms with Crippen molar-refractivity contribution in [2.24, 2.45) is 5.92 Å². The second-order valence-electron chi connectivity index (χ2n) is 9.00. The lowest BCUT2D eigenvalue weighted by Crippen LogP contribution is -2.64. The highest BCUT2D eigenvalue weighted by Crippen LogP contribution is 2.31. The van der Waals surface area contributed by atoms with Crippen molar-refractivity contribution >= 4 is 0 Å². The van der Waals surface area contributed by atoms with Crippen LogP contribution in [0.15, 0.2) is 23.8 Å². The Labute approximate surface area is 192 Å². The smallest absolute Gasteiger partial charge is 0.187 e. The van der Waals surface area contributed by atoms with E-state index in [1.807, 2.05) is 6.92 Å². The van der Waals surface area contributed by atoms with Crippen molar-refractivity contribution in [3.8, 4) is 0 Å². The highest BCUT2D eigenvalue weighted by Gasteiger charge is 2.50. The summed E-state index contributed by atoms with van der Waals surface area (Å²) >= 11 is 0. The van der Waals surface area contributed by atoms with Gasteiger partial charge in [0.05, 0.1) is 19.8 Å². The fourth-order valence-corrected chi connectivity index (χ4v) is 4.35. The number of hydrogen-bond acceptors (Lipinski definition) is 11. The van der Waals surface area contributed by atoms with Crippen LogP contribution in [0.4, 0.5) is 0 Å². The second kappa shape index (κ2) is 11.6. The van der Waals surface area contributed by atoms with Crippen LogP contribution in [0.3, 0.4) is 0 Å². The van der Waals surface area contributed by atoms with Crippen molar-refractivity contribution in [1.29, 1.82) is 0 Å². The molecule has 0 radical (unpaired) electrons. The Bertz CT molecular complexity index is 681. The van der Waals surface area contributed by atoms with Crippen LogP contribution < -0.4 is 0 Å². The minimum atomic E-state index is -1.71. The van der Waals surface area contributed by atoms with Gasteiger partial charge in [0.25, 0.3) is 0 Å². The maximum Gasteiger partial charge on any atom is 0.187 e. The van der Waals surface area contributed by atoms with Crippen LogP contribution in [0.25, 0.3) is 0 Å². The maximum atomic E-state index is 10.6. The van der Waals surface area contributed by atoms with Crippen LogP contribution in [-0.4, -0.2) is 117 Å². The van der Waals surface area contributed by atoms with Crippen LogP contribution in [0, 0.1) is 5.92 Å². The summed E-state index contributed by atoms with van der Waals surface area (Å²) < 4.78 is 22.1. The molecule has 0 aromatic carbocycles. The predicted octanol–water partition coefficient (Wildman–Crippen LogP) is -2.07. The Morgan fingerprint density at radius 3 is 2.15 bits per heavy atom. The Balaban J connectivity index is 1.60. The monoisotopic (exact) mass is 476 g/mol. The lowest BCUT2D eigenvalue weighted by atomic mass is 9.86. The minimum absolute atomic E-state index is 0.188. The number of allylic oxidation sites excluding steroid dienone is 2. The molecule has 2 heterocycles. The Morgan fingerprint density at radius 1 is 0.939 bits per heavy atom. The number of aliphatic hydroxyl groups excluding tert-OH is 7. The van der Waals surface area contributed by atoms with Gasteiger partial charge in [0.2, 0.25) is 0 Å². The normalized spacial score (nSPS) is 44.4. The first-order chi connectivity index (χ1) is 15.7. The van der Waals surface area contributed by atoms with E-state index < -0.39 is 74.6 Å². The van der Waals surface area contributed by atoms with E-state index in [4.69, 9.17) is 18.9 Å². The van der Waals surface area contributed by atoms with E-state index in [2.05, 4.69) is 12.7 Å². The van der Waals surface area contributed by atoms with Crippen molar-refractivity contribution in [2.45, 2.75) is 87.6 Å². The summed E-state index contributed by atoms with van der Waals surface area (Å²) in [6.45, 7) is 4.93. The van der Waals surface area contributed by atoms with Gasteiger partial charge in [-0.05, 0) is 37.7 Å². The molecule has 3 rings (SSSR count). The molecule has 11 nitrogen and oxygen atoms in total. The van der Waals surface area contributed by atoms with Gasteiger partial charge in [-0.15, -0.1) is 0 Å². The van der Waals surface area contributed by atoms with Gasteiger partial charge in [0.1, 0.15) is 48.8 Å². The van der Waals surface area contributed by atoms with Gasteiger partial charge < -0.3 is 54.7 Å². The van der Waals surface area contributed by atoms with Gasteiger partial charge in [0, 0.05) is 0 Å².